The van der Waals surface area contributed by atoms with Crippen LogP contribution in [0, 0.1) is 0 Å². The van der Waals surface area contributed by atoms with Crippen LogP contribution in [0.3, 0.4) is 0 Å². The van der Waals surface area contributed by atoms with Crippen molar-refractivity contribution in [1.82, 2.24) is 24.9 Å². The third kappa shape index (κ3) is 4.42. The molecule has 10 heteroatoms. The van der Waals surface area contributed by atoms with Crippen LogP contribution in [-0.4, -0.2) is 24.9 Å². The summed E-state index contributed by atoms with van der Waals surface area (Å²) < 4.78 is 38.7. The molecular formula is C19H16F3N7. The Kier molecular flexibility index (Phi) is 4.98. The number of benzene rings is 1. The molecule has 3 heterocycles. The summed E-state index contributed by atoms with van der Waals surface area (Å²) in [6.07, 6.45) is 0.517. The number of pyridine rings is 1. The third-order valence-corrected chi connectivity index (χ3v) is 4.17. The number of aromatic amines is 1. The average Bonchev–Trinajstić information content (AvgIpc) is 3.20. The molecule has 0 aliphatic rings. The molecule has 7 nitrogen and oxygen atoms in total. The van der Waals surface area contributed by atoms with E-state index in [9.17, 15) is 13.2 Å². The van der Waals surface area contributed by atoms with Gasteiger partial charge in [-0.1, -0.05) is 18.2 Å². The van der Waals surface area contributed by atoms with Gasteiger partial charge >= 0.3 is 6.18 Å². The molecule has 3 N–H and O–H groups in total. The van der Waals surface area contributed by atoms with E-state index >= 15 is 0 Å². The van der Waals surface area contributed by atoms with Gasteiger partial charge in [0.2, 0.25) is 5.95 Å². The smallest absolute Gasteiger partial charge is 0.364 e. The zero-order chi connectivity index (χ0) is 20.3. The Morgan fingerprint density at radius 1 is 0.966 bits per heavy atom. The zero-order valence-corrected chi connectivity index (χ0v) is 15.0. The molecule has 0 spiro atoms. The zero-order valence-electron chi connectivity index (χ0n) is 15.0. The molecule has 3 aromatic heterocycles. The van der Waals surface area contributed by atoms with Crippen LogP contribution in [0.15, 0.2) is 55.1 Å². The molecule has 0 saturated carbocycles. The van der Waals surface area contributed by atoms with Gasteiger partial charge in [-0.3, -0.25) is 4.98 Å². The lowest BCUT2D eigenvalue weighted by Crippen LogP contribution is -2.09. The molecule has 0 fully saturated rings. The number of H-pyrrole nitrogens is 1. The molecule has 148 valence electrons. The van der Waals surface area contributed by atoms with Crippen LogP contribution in [0.25, 0.3) is 11.2 Å². The van der Waals surface area contributed by atoms with E-state index in [-0.39, 0.29) is 6.54 Å². The van der Waals surface area contributed by atoms with Crippen LogP contribution in [0.2, 0.25) is 0 Å². The van der Waals surface area contributed by atoms with Gasteiger partial charge in [-0.15, -0.1) is 0 Å². The van der Waals surface area contributed by atoms with E-state index in [1.54, 1.807) is 18.5 Å². The van der Waals surface area contributed by atoms with E-state index < -0.39 is 11.7 Å². The van der Waals surface area contributed by atoms with Gasteiger partial charge in [0.05, 0.1) is 11.9 Å². The lowest BCUT2D eigenvalue weighted by molar-refractivity contribution is -0.137. The molecule has 0 radical (unpaired) electrons. The van der Waals surface area contributed by atoms with Gasteiger partial charge in [0.15, 0.2) is 11.5 Å². The second-order valence-corrected chi connectivity index (χ2v) is 6.26. The van der Waals surface area contributed by atoms with Crippen molar-refractivity contribution in [1.29, 1.82) is 0 Å². The number of rotatable bonds is 6. The van der Waals surface area contributed by atoms with Crippen LogP contribution < -0.4 is 10.6 Å². The van der Waals surface area contributed by atoms with Crippen molar-refractivity contribution in [2.45, 2.75) is 19.3 Å². The fourth-order valence-electron chi connectivity index (χ4n) is 2.77. The summed E-state index contributed by atoms with van der Waals surface area (Å²) in [5.41, 5.74) is 1.77. The van der Waals surface area contributed by atoms with Crippen molar-refractivity contribution in [2.24, 2.45) is 0 Å². The number of nitrogens with zero attached hydrogens (tertiary/aromatic N) is 4. The Bertz CT molecular complexity index is 1110. The predicted octanol–water partition coefficient (Wildman–Crippen LogP) is 3.99. The number of aromatic nitrogens is 5. The molecule has 0 aliphatic carbocycles. The molecule has 0 atom stereocenters. The maximum Gasteiger partial charge on any atom is 0.416 e. The van der Waals surface area contributed by atoms with Crippen molar-refractivity contribution in [2.75, 3.05) is 10.6 Å². The second kappa shape index (κ2) is 7.74. The highest BCUT2D eigenvalue weighted by atomic mass is 19.4. The Morgan fingerprint density at radius 2 is 1.79 bits per heavy atom. The molecule has 0 amide bonds. The topological polar surface area (TPSA) is 91.4 Å². The van der Waals surface area contributed by atoms with Gasteiger partial charge in [-0.2, -0.15) is 23.1 Å². The highest BCUT2D eigenvalue weighted by molar-refractivity contribution is 5.83. The summed E-state index contributed by atoms with van der Waals surface area (Å²) >= 11 is 0. The summed E-state index contributed by atoms with van der Waals surface area (Å²) in [7, 11) is 0. The van der Waals surface area contributed by atoms with Crippen molar-refractivity contribution in [3.05, 3.63) is 71.8 Å². The number of halogens is 3. The Hall–Kier alpha value is -3.69. The fraction of sp³-hybridized carbons (Fsp3) is 0.158. The molecular weight excluding hydrogens is 383 g/mol. The maximum atomic E-state index is 12.9. The van der Waals surface area contributed by atoms with Crippen LogP contribution in [0.4, 0.5) is 24.9 Å². The van der Waals surface area contributed by atoms with Gasteiger partial charge in [0.1, 0.15) is 5.52 Å². The highest BCUT2D eigenvalue weighted by Gasteiger charge is 2.30. The van der Waals surface area contributed by atoms with Gasteiger partial charge < -0.3 is 15.6 Å². The molecule has 1 aromatic carbocycles. The monoisotopic (exact) mass is 399 g/mol. The molecule has 0 unspecified atom stereocenters. The van der Waals surface area contributed by atoms with E-state index in [0.29, 0.717) is 35.0 Å². The second-order valence-electron chi connectivity index (χ2n) is 6.26. The lowest BCUT2D eigenvalue weighted by Gasteiger charge is -2.11. The van der Waals surface area contributed by atoms with Gasteiger partial charge in [-0.05, 0) is 29.3 Å². The predicted molar refractivity (Wildman–Crippen MR) is 102 cm³/mol. The summed E-state index contributed by atoms with van der Waals surface area (Å²) in [5, 5.41) is 6.17. The van der Waals surface area contributed by atoms with Crippen molar-refractivity contribution >= 4 is 22.9 Å². The molecule has 0 aliphatic heterocycles. The SMILES string of the molecule is FC(F)(F)c1cccc(CNc2nc(NCc3cccnc3)nc3nc[nH]c23)c1. The minimum absolute atomic E-state index is 0.164. The van der Waals surface area contributed by atoms with Crippen molar-refractivity contribution in [3.63, 3.8) is 0 Å². The minimum Gasteiger partial charge on any atom is -0.364 e. The summed E-state index contributed by atoms with van der Waals surface area (Å²) in [5.74, 6) is 0.790. The Morgan fingerprint density at radius 3 is 2.59 bits per heavy atom. The first-order valence-electron chi connectivity index (χ1n) is 8.73. The normalized spacial score (nSPS) is 11.6. The van der Waals surface area contributed by atoms with Gasteiger partial charge in [-0.25, -0.2) is 4.98 Å². The lowest BCUT2D eigenvalue weighted by atomic mass is 10.1. The average molecular weight is 399 g/mol. The number of imidazole rings is 1. The van der Waals surface area contributed by atoms with E-state index in [1.807, 2.05) is 12.1 Å². The molecule has 29 heavy (non-hydrogen) atoms. The van der Waals surface area contributed by atoms with Crippen molar-refractivity contribution < 1.29 is 13.2 Å². The van der Waals surface area contributed by atoms with E-state index in [2.05, 4.69) is 35.6 Å². The van der Waals surface area contributed by atoms with E-state index in [1.165, 1.54) is 12.4 Å². The number of hydrogen-bond donors (Lipinski definition) is 3. The summed E-state index contributed by atoms with van der Waals surface area (Å²) in [4.78, 5) is 19.9. The Labute approximate surface area is 163 Å². The quantitative estimate of drug-likeness (QED) is 0.454. The third-order valence-electron chi connectivity index (χ3n) is 4.17. The first kappa shape index (κ1) is 18.7. The first-order valence-corrected chi connectivity index (χ1v) is 8.73. The number of anilines is 2. The van der Waals surface area contributed by atoms with E-state index in [0.717, 1.165) is 17.7 Å². The number of fused-ring (bicyclic) bond motifs is 1. The largest absolute Gasteiger partial charge is 0.416 e. The summed E-state index contributed by atoms with van der Waals surface area (Å²) in [6, 6.07) is 8.90. The van der Waals surface area contributed by atoms with Crippen molar-refractivity contribution in [3.8, 4) is 0 Å². The molecule has 0 saturated heterocycles. The number of hydrogen-bond acceptors (Lipinski definition) is 6. The van der Waals surface area contributed by atoms with Crippen LogP contribution >= 0.6 is 0 Å². The van der Waals surface area contributed by atoms with Crippen LogP contribution in [0.5, 0.6) is 0 Å². The maximum absolute atomic E-state index is 12.9. The standard InChI is InChI=1S/C19H16F3N7/c20-19(21,22)14-5-1-3-12(7-14)9-24-16-15-17(27-11-26-15)29-18(28-16)25-10-13-4-2-6-23-8-13/h1-8,11H,9-10H2,(H3,24,25,26,27,28,29). The van der Waals surface area contributed by atoms with E-state index in [4.69, 9.17) is 0 Å². The number of nitrogens with one attached hydrogen (secondary N) is 3. The minimum atomic E-state index is -4.38. The molecule has 4 aromatic rings. The Balaban J connectivity index is 1.53. The van der Waals surface area contributed by atoms with Crippen LogP contribution in [-0.2, 0) is 19.3 Å². The number of alkyl halides is 3. The molecule has 0 bridgehead atoms. The van der Waals surface area contributed by atoms with Gasteiger partial charge in [0, 0.05) is 25.5 Å². The van der Waals surface area contributed by atoms with Crippen LogP contribution in [0.1, 0.15) is 16.7 Å². The fourth-order valence-corrected chi connectivity index (χ4v) is 2.77. The molecule has 4 rings (SSSR count). The summed E-state index contributed by atoms with van der Waals surface area (Å²) in [6.45, 7) is 0.633. The highest BCUT2D eigenvalue weighted by Crippen LogP contribution is 2.29. The van der Waals surface area contributed by atoms with Gasteiger partial charge in [0.25, 0.3) is 0 Å². The first-order chi connectivity index (χ1) is 14.0.